The second-order valence-corrected chi connectivity index (χ2v) is 6.94. The summed E-state index contributed by atoms with van der Waals surface area (Å²) in [6, 6.07) is 7.43. The molecule has 0 fully saturated rings. The SMILES string of the molecule is COC(CC(C)=O)CC(Cl)S(=O)c1ccc(C)cc1. The second kappa shape index (κ2) is 7.78. The van der Waals surface area contributed by atoms with E-state index >= 15 is 0 Å². The number of benzene rings is 1. The highest BCUT2D eigenvalue weighted by molar-refractivity contribution is 7.87. The molecule has 1 aromatic carbocycles. The summed E-state index contributed by atoms with van der Waals surface area (Å²) in [7, 11) is 0.234. The van der Waals surface area contributed by atoms with Gasteiger partial charge in [-0.2, -0.15) is 0 Å². The summed E-state index contributed by atoms with van der Waals surface area (Å²) >= 11 is 6.17. The maximum atomic E-state index is 12.2. The molecular weight excluding hydrogens is 284 g/mol. The van der Waals surface area contributed by atoms with Gasteiger partial charge in [-0.3, -0.25) is 9.00 Å². The van der Waals surface area contributed by atoms with Gasteiger partial charge in [0.2, 0.25) is 0 Å². The molecule has 0 heterocycles. The maximum absolute atomic E-state index is 12.2. The maximum Gasteiger partial charge on any atom is 0.132 e. The molecule has 0 aromatic heterocycles. The Hall–Kier alpha value is -0.710. The first-order chi connectivity index (χ1) is 8.93. The molecule has 0 amide bonds. The van der Waals surface area contributed by atoms with Crippen LogP contribution in [0.5, 0.6) is 0 Å². The van der Waals surface area contributed by atoms with Crippen LogP contribution in [0.1, 0.15) is 25.3 Å². The molecule has 0 radical (unpaired) electrons. The Balaban J connectivity index is 2.66. The van der Waals surface area contributed by atoms with Gasteiger partial charge in [-0.05, 0) is 26.0 Å². The summed E-state index contributed by atoms with van der Waals surface area (Å²) in [4.78, 5) is 11.8. The van der Waals surface area contributed by atoms with Gasteiger partial charge in [-0.25, -0.2) is 0 Å². The monoisotopic (exact) mass is 302 g/mol. The number of alkyl halides is 1. The lowest BCUT2D eigenvalue weighted by Crippen LogP contribution is -2.22. The lowest BCUT2D eigenvalue weighted by Gasteiger charge is -2.17. The van der Waals surface area contributed by atoms with Crippen LogP contribution < -0.4 is 0 Å². The molecule has 0 N–H and O–H groups in total. The average Bonchev–Trinajstić information content (AvgIpc) is 2.37. The predicted octanol–water partition coefficient (Wildman–Crippen LogP) is 3.05. The molecule has 0 aliphatic carbocycles. The van der Waals surface area contributed by atoms with Gasteiger partial charge in [-0.1, -0.05) is 17.7 Å². The van der Waals surface area contributed by atoms with Crippen molar-refractivity contribution in [3.8, 4) is 0 Å². The summed E-state index contributed by atoms with van der Waals surface area (Å²) in [5.74, 6) is 0.0387. The van der Waals surface area contributed by atoms with Gasteiger partial charge in [0.05, 0.1) is 16.9 Å². The van der Waals surface area contributed by atoms with Crippen molar-refractivity contribution in [2.24, 2.45) is 0 Å². The molecule has 0 bridgehead atoms. The van der Waals surface area contributed by atoms with Crippen LogP contribution in [0.15, 0.2) is 29.2 Å². The zero-order valence-corrected chi connectivity index (χ0v) is 13.0. The first-order valence-corrected chi connectivity index (χ1v) is 7.72. The Kier molecular flexibility index (Phi) is 6.69. The number of rotatable bonds is 7. The summed E-state index contributed by atoms with van der Waals surface area (Å²) in [6.07, 6.45) is 0.401. The summed E-state index contributed by atoms with van der Waals surface area (Å²) < 4.78 is 16.9. The molecule has 0 aliphatic rings. The van der Waals surface area contributed by atoms with E-state index in [-0.39, 0.29) is 11.9 Å². The number of hydrogen-bond acceptors (Lipinski definition) is 3. The molecule has 5 heteroatoms. The van der Waals surface area contributed by atoms with E-state index in [1.165, 1.54) is 14.0 Å². The highest BCUT2D eigenvalue weighted by Gasteiger charge is 2.21. The van der Waals surface area contributed by atoms with Gasteiger partial charge < -0.3 is 4.74 Å². The van der Waals surface area contributed by atoms with Gasteiger partial charge in [0, 0.05) is 24.8 Å². The molecule has 0 saturated carbocycles. The standard InChI is InChI=1S/C14H19ClO3S/c1-10-4-6-13(7-5-10)19(17)14(15)9-12(18-3)8-11(2)16/h4-7,12,14H,8-9H2,1-3H3. The molecule has 3 nitrogen and oxygen atoms in total. The molecule has 3 unspecified atom stereocenters. The van der Waals surface area contributed by atoms with Crippen LogP contribution >= 0.6 is 11.6 Å². The van der Waals surface area contributed by atoms with Crippen LogP contribution in [0.3, 0.4) is 0 Å². The average molecular weight is 303 g/mol. The molecule has 1 aromatic rings. The fourth-order valence-corrected chi connectivity index (χ4v) is 3.29. The third-order valence-corrected chi connectivity index (χ3v) is 4.84. The Morgan fingerprint density at radius 2 is 1.95 bits per heavy atom. The predicted molar refractivity (Wildman–Crippen MR) is 77.9 cm³/mol. The Bertz CT molecular complexity index is 445. The third kappa shape index (κ3) is 5.43. The molecule has 0 aliphatic heterocycles. The summed E-state index contributed by atoms with van der Waals surface area (Å²) in [6.45, 7) is 3.48. The van der Waals surface area contributed by atoms with Crippen molar-refractivity contribution in [2.45, 2.75) is 42.4 Å². The van der Waals surface area contributed by atoms with Crippen molar-refractivity contribution in [1.82, 2.24) is 0 Å². The first-order valence-electron chi connectivity index (χ1n) is 6.07. The minimum Gasteiger partial charge on any atom is -0.381 e. The topological polar surface area (TPSA) is 43.4 Å². The van der Waals surface area contributed by atoms with Crippen LogP contribution in [0, 0.1) is 6.92 Å². The number of carbonyl (C=O) groups excluding carboxylic acids is 1. The van der Waals surface area contributed by atoms with Crippen molar-refractivity contribution in [2.75, 3.05) is 7.11 Å². The largest absolute Gasteiger partial charge is 0.381 e. The molecule has 106 valence electrons. The number of hydrogen-bond donors (Lipinski definition) is 0. The van der Waals surface area contributed by atoms with Crippen molar-refractivity contribution < 1.29 is 13.7 Å². The second-order valence-electron chi connectivity index (χ2n) is 4.52. The minimum absolute atomic E-state index is 0.0387. The quantitative estimate of drug-likeness (QED) is 0.727. The number of methoxy groups -OCH3 is 1. The van der Waals surface area contributed by atoms with E-state index in [0.717, 1.165) is 5.56 Å². The fraction of sp³-hybridized carbons (Fsp3) is 0.500. The smallest absolute Gasteiger partial charge is 0.132 e. The Labute approximate surface area is 121 Å². The van der Waals surface area contributed by atoms with Crippen LogP contribution in [-0.2, 0) is 20.3 Å². The zero-order valence-electron chi connectivity index (χ0n) is 11.4. The molecule has 3 atom stereocenters. The van der Waals surface area contributed by atoms with Crippen molar-refractivity contribution in [1.29, 1.82) is 0 Å². The highest BCUT2D eigenvalue weighted by Crippen LogP contribution is 2.21. The number of aryl methyl sites for hydroxylation is 1. The number of ketones is 1. The normalized spacial score (nSPS) is 15.8. The van der Waals surface area contributed by atoms with E-state index in [9.17, 15) is 9.00 Å². The minimum atomic E-state index is -1.30. The molecule has 0 saturated heterocycles. The van der Waals surface area contributed by atoms with E-state index in [1.807, 2.05) is 31.2 Å². The van der Waals surface area contributed by atoms with Crippen LogP contribution in [0.2, 0.25) is 0 Å². The van der Waals surface area contributed by atoms with Gasteiger partial charge >= 0.3 is 0 Å². The van der Waals surface area contributed by atoms with E-state index in [1.54, 1.807) is 0 Å². The molecule has 19 heavy (non-hydrogen) atoms. The Morgan fingerprint density at radius 3 is 2.42 bits per heavy atom. The number of carbonyl (C=O) groups is 1. The number of ether oxygens (including phenoxy) is 1. The Morgan fingerprint density at radius 1 is 1.37 bits per heavy atom. The van der Waals surface area contributed by atoms with Crippen molar-refractivity contribution in [3.05, 3.63) is 29.8 Å². The highest BCUT2D eigenvalue weighted by atomic mass is 35.5. The van der Waals surface area contributed by atoms with E-state index < -0.39 is 15.5 Å². The summed E-state index contributed by atoms with van der Waals surface area (Å²) in [5.41, 5.74) is 1.11. The molecular formula is C14H19ClO3S. The number of Topliss-reactive ketones (excluding diaryl/α,β-unsaturated/α-hetero) is 1. The van der Waals surface area contributed by atoms with E-state index in [0.29, 0.717) is 17.7 Å². The first kappa shape index (κ1) is 16.3. The lowest BCUT2D eigenvalue weighted by molar-refractivity contribution is -0.119. The van der Waals surface area contributed by atoms with E-state index in [4.69, 9.17) is 16.3 Å². The lowest BCUT2D eigenvalue weighted by atomic mass is 10.1. The van der Waals surface area contributed by atoms with Crippen molar-refractivity contribution >= 4 is 28.2 Å². The van der Waals surface area contributed by atoms with Gasteiger partial charge in [0.15, 0.2) is 0 Å². The van der Waals surface area contributed by atoms with Crippen LogP contribution in [0.25, 0.3) is 0 Å². The van der Waals surface area contributed by atoms with E-state index in [2.05, 4.69) is 0 Å². The zero-order chi connectivity index (χ0) is 14.4. The number of halogens is 1. The van der Waals surface area contributed by atoms with Gasteiger partial charge in [0.25, 0.3) is 0 Å². The fourth-order valence-electron chi connectivity index (χ4n) is 1.70. The van der Waals surface area contributed by atoms with Crippen LogP contribution in [-0.4, -0.2) is 27.9 Å². The van der Waals surface area contributed by atoms with Crippen molar-refractivity contribution in [3.63, 3.8) is 0 Å². The third-order valence-electron chi connectivity index (χ3n) is 2.78. The molecule has 1 rings (SSSR count). The van der Waals surface area contributed by atoms with Crippen LogP contribution in [0.4, 0.5) is 0 Å². The summed E-state index contributed by atoms with van der Waals surface area (Å²) in [5, 5.41) is 0. The van der Waals surface area contributed by atoms with Gasteiger partial charge in [-0.15, -0.1) is 11.6 Å². The van der Waals surface area contributed by atoms with Gasteiger partial charge in [0.1, 0.15) is 10.5 Å². The molecule has 0 spiro atoms.